The lowest BCUT2D eigenvalue weighted by atomic mass is 9.80. The molecule has 0 bridgehead atoms. The van der Waals surface area contributed by atoms with Crippen LogP contribution < -0.4 is 20.7 Å². The van der Waals surface area contributed by atoms with Crippen molar-refractivity contribution in [1.29, 1.82) is 5.26 Å². The van der Waals surface area contributed by atoms with E-state index in [1.807, 2.05) is 107 Å². The van der Waals surface area contributed by atoms with Crippen molar-refractivity contribution >= 4 is 24.5 Å². The number of nitrogens with one attached hydrogen (secondary N) is 1. The lowest BCUT2D eigenvalue weighted by Crippen LogP contribution is -2.43. The van der Waals surface area contributed by atoms with Gasteiger partial charge in [0.15, 0.2) is 6.23 Å². The molecule has 0 spiro atoms. The Kier molecular flexibility index (Phi) is 17.7. The molecule has 5 atom stereocenters. The third-order valence-corrected chi connectivity index (χ3v) is 12.4. The number of methoxy groups -OCH3 is 2. The fraction of sp³-hybridized carbons (Fsp3) is 0.465. The summed E-state index contributed by atoms with van der Waals surface area (Å²) in [6, 6.07) is 28.6. The van der Waals surface area contributed by atoms with E-state index in [2.05, 4.69) is 31.7 Å². The highest BCUT2D eigenvalue weighted by molar-refractivity contribution is 9.09. The fourth-order valence-electron chi connectivity index (χ4n) is 7.02. The molecule has 2 heterocycles. The van der Waals surface area contributed by atoms with Gasteiger partial charge in [0.1, 0.15) is 42.2 Å². The predicted octanol–water partition coefficient (Wildman–Crippen LogP) is 7.27. The molecule has 1 aliphatic rings. The van der Waals surface area contributed by atoms with Crippen molar-refractivity contribution in [3.63, 3.8) is 0 Å². The monoisotopic (exact) mass is 896 g/mol. The van der Waals surface area contributed by atoms with Crippen LogP contribution in [0.4, 0.5) is 0 Å². The Hall–Kier alpha value is -3.94. The molecule has 0 amide bonds. The van der Waals surface area contributed by atoms with Gasteiger partial charge >= 0.3 is 5.69 Å². The predicted molar refractivity (Wildman–Crippen MR) is 228 cm³/mol. The topological polar surface area (TPSA) is 156 Å². The zero-order valence-electron chi connectivity index (χ0n) is 34.3. The highest BCUT2D eigenvalue weighted by Gasteiger charge is 2.51. The third kappa shape index (κ3) is 11.5. The van der Waals surface area contributed by atoms with Crippen LogP contribution in [0.2, 0.25) is 0 Å². The Morgan fingerprint density at radius 3 is 2.03 bits per heavy atom. The quantitative estimate of drug-likeness (QED) is 0.0262. The lowest BCUT2D eigenvalue weighted by molar-refractivity contribution is -0.138. The lowest BCUT2D eigenvalue weighted by Gasteiger charge is -2.39. The molecular weight excluding hydrogens is 843 g/mol. The smallest absolute Gasteiger partial charge is 0.330 e. The molecule has 14 nitrogen and oxygen atoms in total. The summed E-state index contributed by atoms with van der Waals surface area (Å²) in [5.41, 5.74) is -0.0201. The molecule has 1 unspecified atom stereocenters. The van der Waals surface area contributed by atoms with Crippen molar-refractivity contribution in [2.45, 2.75) is 82.8 Å². The Balaban J connectivity index is 1.67. The fourth-order valence-corrected chi connectivity index (χ4v) is 9.02. The second-order valence-electron chi connectivity index (χ2n) is 14.2. The van der Waals surface area contributed by atoms with E-state index < -0.39 is 49.9 Å². The zero-order valence-corrected chi connectivity index (χ0v) is 36.8. The molecule has 0 saturated carbocycles. The summed E-state index contributed by atoms with van der Waals surface area (Å²) in [6.45, 7) is 8.51. The Morgan fingerprint density at radius 1 is 0.881 bits per heavy atom. The summed E-state index contributed by atoms with van der Waals surface area (Å²) in [5.74, 6) is 1.35. The summed E-state index contributed by atoms with van der Waals surface area (Å²) in [5, 5.41) is 10.2. The van der Waals surface area contributed by atoms with Gasteiger partial charge in [0, 0.05) is 29.7 Å². The maximum atomic E-state index is 13.4. The van der Waals surface area contributed by atoms with Crippen molar-refractivity contribution in [2.75, 3.05) is 46.2 Å². The molecule has 0 aliphatic carbocycles. The van der Waals surface area contributed by atoms with Gasteiger partial charge in [-0.3, -0.25) is 14.3 Å². The molecule has 1 N–H and O–H groups in total. The van der Waals surface area contributed by atoms with Gasteiger partial charge in [-0.05, 0) is 75.1 Å². The number of rotatable bonds is 23. The molecular formula is C43H54BrN4O10P. The van der Waals surface area contributed by atoms with Crippen LogP contribution in [0.25, 0.3) is 0 Å². The number of benzene rings is 3. The third-order valence-electron chi connectivity index (χ3n) is 9.69. The summed E-state index contributed by atoms with van der Waals surface area (Å²) in [6.07, 6.45) is -1.59. The first-order chi connectivity index (χ1) is 28.6. The Labute approximate surface area is 355 Å². The SMILES string of the molecule is COc1ccc(C(OC[C@H]2O[C@@H](n3ccc(=O)[nH]c3=O)[C@H](OCOCCCBr)[C@@H]2OP(OCCC#N)N(C(C)C)C(C)C)(c2ccccc2)c2ccc(OC)cc2)cc1. The summed E-state index contributed by atoms with van der Waals surface area (Å²) >= 11 is 3.44. The van der Waals surface area contributed by atoms with Crippen molar-refractivity contribution in [1.82, 2.24) is 14.2 Å². The molecule has 1 fully saturated rings. The van der Waals surface area contributed by atoms with Crippen molar-refractivity contribution < 1.29 is 37.5 Å². The molecule has 1 aromatic heterocycles. The second-order valence-corrected chi connectivity index (χ2v) is 16.4. The molecule has 3 aromatic carbocycles. The number of ether oxygens (including phenoxy) is 6. The van der Waals surface area contributed by atoms with Crippen LogP contribution in [0.5, 0.6) is 11.5 Å². The minimum atomic E-state index is -1.84. The van der Waals surface area contributed by atoms with Gasteiger partial charge in [-0.25, -0.2) is 9.46 Å². The minimum Gasteiger partial charge on any atom is -0.497 e. The number of alkyl halides is 1. The highest BCUT2D eigenvalue weighted by Crippen LogP contribution is 2.51. The van der Waals surface area contributed by atoms with Crippen LogP contribution in [0.15, 0.2) is 101 Å². The number of halogens is 1. The maximum absolute atomic E-state index is 13.4. The standard InChI is InChI=1S/C43H54BrN4O10P/c1-30(2)48(31(3)4)59(56-27-11-24-45)58-39-37(57-41(40(39)54-29-53-26-10-23-44)47-25-22-38(49)46-42(47)50)28-55-43(32-12-8-7-9-13-32,33-14-18-35(51-5)19-15-33)34-16-20-36(52-6)21-17-34/h7-9,12-22,25,30-31,37,39-41H,10-11,23,26-29H2,1-6H3,(H,46,49,50)/t37-,39-,40-,41-,59?/m1/s1. The maximum Gasteiger partial charge on any atom is 0.330 e. The number of hydrogen-bond acceptors (Lipinski definition) is 12. The number of aromatic amines is 1. The van der Waals surface area contributed by atoms with E-state index >= 15 is 0 Å². The van der Waals surface area contributed by atoms with E-state index in [-0.39, 0.29) is 38.5 Å². The minimum absolute atomic E-state index is 0.0133. The van der Waals surface area contributed by atoms with E-state index in [1.54, 1.807) is 14.2 Å². The summed E-state index contributed by atoms with van der Waals surface area (Å²) in [4.78, 5) is 28.0. The van der Waals surface area contributed by atoms with E-state index in [9.17, 15) is 14.9 Å². The van der Waals surface area contributed by atoms with Crippen LogP contribution in [0.1, 0.15) is 63.5 Å². The number of nitrogens with zero attached hydrogens (tertiary/aromatic N) is 3. The number of H-pyrrole nitrogens is 1. The van der Waals surface area contributed by atoms with E-state index in [0.717, 1.165) is 28.4 Å². The van der Waals surface area contributed by atoms with E-state index in [0.29, 0.717) is 18.1 Å². The first kappa shape index (κ1) is 46.1. The van der Waals surface area contributed by atoms with Crippen LogP contribution in [0.3, 0.4) is 0 Å². The number of hydrogen-bond donors (Lipinski definition) is 1. The van der Waals surface area contributed by atoms with Crippen LogP contribution in [-0.2, 0) is 33.6 Å². The summed E-state index contributed by atoms with van der Waals surface area (Å²) in [7, 11) is 1.39. The average Bonchev–Trinajstić information content (AvgIpc) is 3.57. The Bertz CT molecular complexity index is 1970. The summed E-state index contributed by atoms with van der Waals surface area (Å²) < 4.78 is 54.3. The van der Waals surface area contributed by atoms with Gasteiger partial charge in [-0.15, -0.1) is 0 Å². The van der Waals surface area contributed by atoms with Crippen molar-refractivity contribution in [3.8, 4) is 17.6 Å². The van der Waals surface area contributed by atoms with Gasteiger partial charge in [0.25, 0.3) is 14.1 Å². The first-order valence-electron chi connectivity index (χ1n) is 19.5. The number of nitriles is 1. The molecule has 0 radical (unpaired) electrons. The molecule has 318 valence electrons. The van der Waals surface area contributed by atoms with E-state index in [4.69, 9.17) is 37.5 Å². The largest absolute Gasteiger partial charge is 0.497 e. The number of aromatic nitrogens is 2. The highest BCUT2D eigenvalue weighted by atomic mass is 79.9. The van der Waals surface area contributed by atoms with Gasteiger partial charge < -0.3 is 37.5 Å². The normalized spacial score (nSPS) is 18.7. The van der Waals surface area contributed by atoms with Gasteiger partial charge in [0.2, 0.25) is 0 Å². The zero-order chi connectivity index (χ0) is 42.4. The van der Waals surface area contributed by atoms with Crippen LogP contribution in [0, 0.1) is 11.3 Å². The van der Waals surface area contributed by atoms with Crippen LogP contribution >= 0.6 is 24.5 Å². The molecule has 1 saturated heterocycles. The average molecular weight is 898 g/mol. The van der Waals surface area contributed by atoms with Crippen molar-refractivity contribution in [3.05, 3.63) is 129 Å². The molecule has 16 heteroatoms. The molecule has 59 heavy (non-hydrogen) atoms. The van der Waals surface area contributed by atoms with E-state index in [1.165, 1.54) is 16.8 Å². The Morgan fingerprint density at radius 2 is 1.49 bits per heavy atom. The molecule has 5 rings (SSSR count). The van der Waals surface area contributed by atoms with Crippen molar-refractivity contribution in [2.24, 2.45) is 0 Å². The molecule has 1 aliphatic heterocycles. The molecule has 4 aromatic rings. The first-order valence-corrected chi connectivity index (χ1v) is 21.8. The second kappa shape index (κ2) is 22.6. The van der Waals surface area contributed by atoms with Crippen LogP contribution in [-0.4, -0.2) is 90.8 Å². The van der Waals surface area contributed by atoms with Gasteiger partial charge in [-0.1, -0.05) is 70.5 Å². The van der Waals surface area contributed by atoms with Gasteiger partial charge in [0.05, 0.1) is 46.5 Å². The van der Waals surface area contributed by atoms with Gasteiger partial charge in [-0.2, -0.15) is 5.26 Å².